The molecule has 1 rings (SSSR count). The lowest BCUT2D eigenvalue weighted by Crippen LogP contribution is -2.20. The smallest absolute Gasteiger partial charge is 0.106 e. The molecular weight excluding hydrogens is 118 g/mol. The van der Waals surface area contributed by atoms with Gasteiger partial charge in [-0.2, -0.15) is 0 Å². The lowest BCUT2D eigenvalue weighted by Gasteiger charge is -1.98. The molecule has 9 heavy (non-hydrogen) atoms. The Hall–Kier alpha value is -0.800. The van der Waals surface area contributed by atoms with Crippen molar-refractivity contribution in [2.45, 2.75) is 12.6 Å². The molecule has 0 amide bonds. The summed E-state index contributed by atoms with van der Waals surface area (Å²) < 4.78 is 4.75. The molecule has 0 saturated carbocycles. The molecule has 3 nitrogen and oxygen atoms in total. The Morgan fingerprint density at radius 3 is 3.00 bits per heavy atom. The van der Waals surface area contributed by atoms with Gasteiger partial charge in [-0.15, -0.1) is 0 Å². The van der Waals surface area contributed by atoms with Crippen molar-refractivity contribution in [3.05, 3.63) is 24.2 Å². The van der Waals surface area contributed by atoms with E-state index < -0.39 is 6.23 Å². The van der Waals surface area contributed by atoms with E-state index in [9.17, 15) is 0 Å². The molecule has 0 aliphatic rings. The zero-order valence-corrected chi connectivity index (χ0v) is 4.95. The molecule has 0 aliphatic heterocycles. The minimum atomic E-state index is -0.775. The van der Waals surface area contributed by atoms with Gasteiger partial charge in [0.05, 0.1) is 12.5 Å². The van der Waals surface area contributed by atoms with E-state index in [4.69, 9.17) is 15.3 Å². The normalized spacial score (nSPS) is 13.6. The van der Waals surface area contributed by atoms with Gasteiger partial charge >= 0.3 is 0 Å². The minimum Gasteiger partial charge on any atom is -0.472 e. The van der Waals surface area contributed by atoms with Gasteiger partial charge in [0.1, 0.15) is 6.23 Å². The third-order valence-electron chi connectivity index (χ3n) is 1.02. The van der Waals surface area contributed by atoms with E-state index in [1.54, 1.807) is 18.6 Å². The first-order valence-electron chi connectivity index (χ1n) is 2.74. The highest BCUT2D eigenvalue weighted by Gasteiger charge is 1.98. The van der Waals surface area contributed by atoms with Crippen LogP contribution in [0.4, 0.5) is 0 Å². The molecule has 0 radical (unpaired) electrons. The standard InChI is InChI=1S/C6H9NO2/c7-6(8)3-5-1-2-9-4-5/h1-2,4,6,8H,3,7H2. The Balaban J connectivity index is 2.48. The SMILES string of the molecule is NC(O)Cc1ccoc1. The summed E-state index contributed by atoms with van der Waals surface area (Å²) in [6.45, 7) is 0. The Labute approximate surface area is 53.1 Å². The average molecular weight is 127 g/mol. The highest BCUT2D eigenvalue weighted by molar-refractivity contribution is 5.05. The van der Waals surface area contributed by atoms with Crippen molar-refractivity contribution >= 4 is 0 Å². The molecule has 1 unspecified atom stereocenters. The second kappa shape index (κ2) is 2.66. The molecular formula is C6H9NO2. The first kappa shape index (κ1) is 6.32. The van der Waals surface area contributed by atoms with Gasteiger partial charge in [-0.25, -0.2) is 0 Å². The number of rotatable bonds is 2. The van der Waals surface area contributed by atoms with Crippen molar-refractivity contribution in [3.8, 4) is 0 Å². The van der Waals surface area contributed by atoms with Crippen LogP contribution in [-0.2, 0) is 6.42 Å². The maximum atomic E-state index is 8.66. The van der Waals surface area contributed by atoms with Crippen molar-refractivity contribution in [3.63, 3.8) is 0 Å². The zero-order valence-electron chi connectivity index (χ0n) is 4.95. The molecule has 3 heteroatoms. The molecule has 1 aromatic heterocycles. The Kier molecular flexibility index (Phi) is 1.87. The van der Waals surface area contributed by atoms with E-state index in [1.807, 2.05) is 0 Å². The fourth-order valence-corrected chi connectivity index (χ4v) is 0.650. The van der Waals surface area contributed by atoms with Crippen LogP contribution < -0.4 is 5.73 Å². The van der Waals surface area contributed by atoms with Crippen molar-refractivity contribution in [1.29, 1.82) is 0 Å². The van der Waals surface area contributed by atoms with Crippen LogP contribution in [0.1, 0.15) is 5.56 Å². The van der Waals surface area contributed by atoms with Crippen LogP contribution in [0.2, 0.25) is 0 Å². The highest BCUT2D eigenvalue weighted by Crippen LogP contribution is 2.00. The van der Waals surface area contributed by atoms with E-state index in [-0.39, 0.29) is 0 Å². The third-order valence-corrected chi connectivity index (χ3v) is 1.02. The second-order valence-corrected chi connectivity index (χ2v) is 1.90. The molecule has 1 aromatic rings. The Morgan fingerprint density at radius 2 is 2.56 bits per heavy atom. The van der Waals surface area contributed by atoms with E-state index >= 15 is 0 Å². The average Bonchev–Trinajstić information content (AvgIpc) is 2.15. The minimum absolute atomic E-state index is 0.455. The highest BCUT2D eigenvalue weighted by atomic mass is 16.3. The topological polar surface area (TPSA) is 59.4 Å². The Bertz CT molecular complexity index is 158. The summed E-state index contributed by atoms with van der Waals surface area (Å²) in [4.78, 5) is 0. The van der Waals surface area contributed by atoms with E-state index in [0.29, 0.717) is 6.42 Å². The molecule has 1 heterocycles. The van der Waals surface area contributed by atoms with Gasteiger partial charge in [0.25, 0.3) is 0 Å². The van der Waals surface area contributed by atoms with Crippen LogP contribution in [-0.4, -0.2) is 11.3 Å². The molecule has 1 atom stereocenters. The van der Waals surface area contributed by atoms with Crippen LogP contribution in [0.15, 0.2) is 23.0 Å². The number of hydrogen-bond acceptors (Lipinski definition) is 3. The van der Waals surface area contributed by atoms with Gasteiger partial charge < -0.3 is 15.3 Å². The monoisotopic (exact) mass is 127 g/mol. The predicted octanol–water partition coefficient (Wildman–Crippen LogP) is 0.0992. The number of furan rings is 1. The van der Waals surface area contributed by atoms with Crippen LogP contribution in [0.5, 0.6) is 0 Å². The summed E-state index contributed by atoms with van der Waals surface area (Å²) in [5.41, 5.74) is 6.02. The van der Waals surface area contributed by atoms with Gasteiger partial charge in [0.2, 0.25) is 0 Å². The second-order valence-electron chi connectivity index (χ2n) is 1.90. The zero-order chi connectivity index (χ0) is 6.69. The van der Waals surface area contributed by atoms with Gasteiger partial charge in [-0.1, -0.05) is 0 Å². The van der Waals surface area contributed by atoms with Crippen LogP contribution in [0.25, 0.3) is 0 Å². The molecule has 0 spiro atoms. The summed E-state index contributed by atoms with van der Waals surface area (Å²) in [6.07, 6.45) is 2.80. The maximum Gasteiger partial charge on any atom is 0.106 e. The van der Waals surface area contributed by atoms with Crippen molar-refractivity contribution in [2.24, 2.45) is 5.73 Å². The predicted molar refractivity (Wildman–Crippen MR) is 32.6 cm³/mol. The van der Waals surface area contributed by atoms with Crippen molar-refractivity contribution < 1.29 is 9.52 Å². The van der Waals surface area contributed by atoms with Gasteiger partial charge in [0, 0.05) is 6.42 Å². The molecule has 0 fully saturated rings. The summed E-state index contributed by atoms with van der Waals surface area (Å²) in [5, 5.41) is 8.66. The van der Waals surface area contributed by atoms with Gasteiger partial charge in [-0.05, 0) is 11.6 Å². The molecule has 3 N–H and O–H groups in total. The summed E-state index contributed by atoms with van der Waals surface area (Å²) in [6, 6.07) is 1.77. The third kappa shape index (κ3) is 1.87. The fraction of sp³-hybridized carbons (Fsp3) is 0.333. The first-order chi connectivity index (χ1) is 4.29. The van der Waals surface area contributed by atoms with Crippen molar-refractivity contribution in [2.75, 3.05) is 0 Å². The van der Waals surface area contributed by atoms with Gasteiger partial charge in [0.15, 0.2) is 0 Å². The number of nitrogens with two attached hydrogens (primary N) is 1. The summed E-state index contributed by atoms with van der Waals surface area (Å²) in [5.74, 6) is 0. The number of aliphatic hydroxyl groups is 1. The maximum absolute atomic E-state index is 8.66. The van der Waals surface area contributed by atoms with Gasteiger partial charge in [-0.3, -0.25) is 0 Å². The molecule has 0 saturated heterocycles. The van der Waals surface area contributed by atoms with Crippen LogP contribution >= 0.6 is 0 Å². The number of aliphatic hydroxyl groups excluding tert-OH is 1. The fourth-order valence-electron chi connectivity index (χ4n) is 0.650. The summed E-state index contributed by atoms with van der Waals surface area (Å²) >= 11 is 0. The molecule has 0 aromatic carbocycles. The summed E-state index contributed by atoms with van der Waals surface area (Å²) in [7, 11) is 0. The van der Waals surface area contributed by atoms with Crippen LogP contribution in [0.3, 0.4) is 0 Å². The van der Waals surface area contributed by atoms with Crippen LogP contribution in [0, 0.1) is 0 Å². The van der Waals surface area contributed by atoms with E-state index in [2.05, 4.69) is 0 Å². The molecule has 50 valence electrons. The Morgan fingerprint density at radius 1 is 1.78 bits per heavy atom. The lowest BCUT2D eigenvalue weighted by atomic mass is 10.2. The molecule has 0 bridgehead atoms. The van der Waals surface area contributed by atoms with Crippen molar-refractivity contribution in [1.82, 2.24) is 0 Å². The largest absolute Gasteiger partial charge is 0.472 e. The molecule has 0 aliphatic carbocycles. The quantitative estimate of drug-likeness (QED) is 0.554. The van der Waals surface area contributed by atoms with E-state index in [1.165, 1.54) is 0 Å². The first-order valence-corrected chi connectivity index (χ1v) is 2.74. The lowest BCUT2D eigenvalue weighted by molar-refractivity contribution is 0.182. The van der Waals surface area contributed by atoms with E-state index in [0.717, 1.165) is 5.56 Å². The number of hydrogen-bond donors (Lipinski definition) is 2.